The molecule has 0 unspecified atom stereocenters. The highest BCUT2D eigenvalue weighted by atomic mass is 19.4. The molecule has 30 heavy (non-hydrogen) atoms. The topological polar surface area (TPSA) is 47.5 Å². The van der Waals surface area contributed by atoms with Gasteiger partial charge in [-0.05, 0) is 39.3 Å². The van der Waals surface area contributed by atoms with E-state index in [1.165, 1.54) is 11.9 Å². The minimum atomic E-state index is -4.61. The van der Waals surface area contributed by atoms with Crippen LogP contribution in [-0.2, 0) is 6.18 Å². The van der Waals surface area contributed by atoms with E-state index >= 15 is 0 Å². The van der Waals surface area contributed by atoms with Crippen molar-refractivity contribution in [3.05, 3.63) is 36.0 Å². The van der Waals surface area contributed by atoms with Crippen LogP contribution in [0.25, 0.3) is 0 Å². The van der Waals surface area contributed by atoms with Crippen LogP contribution in [0.15, 0.2) is 30.5 Å². The van der Waals surface area contributed by atoms with E-state index < -0.39 is 17.3 Å². The molecule has 0 N–H and O–H groups in total. The summed E-state index contributed by atoms with van der Waals surface area (Å²) in [4.78, 5) is 9.20. The highest BCUT2D eigenvalue weighted by Gasteiger charge is 2.37. The molecule has 0 spiro atoms. The lowest BCUT2D eigenvalue weighted by atomic mass is 10.2. The molecule has 2 aromatic rings. The Morgan fingerprint density at radius 3 is 2.37 bits per heavy atom. The number of unbranched alkanes of at least 4 members (excludes halogenated alkanes) is 3. The van der Waals surface area contributed by atoms with Crippen molar-refractivity contribution in [3.8, 4) is 11.8 Å². The Bertz CT molecular complexity index is 820. The van der Waals surface area contributed by atoms with Crippen molar-refractivity contribution < 1.29 is 22.6 Å². The number of aromatic nitrogens is 2. The quantitative estimate of drug-likeness (QED) is 0.435. The van der Waals surface area contributed by atoms with Crippen LogP contribution in [0.2, 0.25) is 0 Å². The summed E-state index contributed by atoms with van der Waals surface area (Å²) in [5, 5.41) is 0. The van der Waals surface area contributed by atoms with Crippen LogP contribution in [0.3, 0.4) is 0 Å². The summed E-state index contributed by atoms with van der Waals surface area (Å²) in [5.74, 6) is 0.209. The lowest BCUT2D eigenvalue weighted by Crippen LogP contribution is -2.26. The summed E-state index contributed by atoms with van der Waals surface area (Å²) >= 11 is 0. The summed E-state index contributed by atoms with van der Waals surface area (Å²) in [5.41, 5.74) is -1.10. The molecule has 0 atom stereocenters. The second-order valence-electron chi connectivity index (χ2n) is 8.04. The van der Waals surface area contributed by atoms with Crippen molar-refractivity contribution in [1.82, 2.24) is 9.97 Å². The van der Waals surface area contributed by atoms with Gasteiger partial charge >= 0.3 is 12.2 Å². The SMILES string of the molecule is CCCCCCOc1ccccc1N(C)c1nc(OC(C)(C)C)ncc1C(F)(F)F. The maximum Gasteiger partial charge on any atom is 0.421 e. The Morgan fingerprint density at radius 2 is 1.73 bits per heavy atom. The van der Waals surface area contributed by atoms with Gasteiger partial charge in [-0.2, -0.15) is 18.2 Å². The molecule has 0 amide bonds. The average molecular weight is 425 g/mol. The van der Waals surface area contributed by atoms with Crippen LogP contribution < -0.4 is 14.4 Å². The van der Waals surface area contributed by atoms with Crippen LogP contribution in [0.1, 0.15) is 58.9 Å². The third kappa shape index (κ3) is 6.78. The van der Waals surface area contributed by atoms with E-state index in [-0.39, 0.29) is 11.8 Å². The van der Waals surface area contributed by atoms with Gasteiger partial charge in [0.25, 0.3) is 0 Å². The molecule has 5 nitrogen and oxygen atoms in total. The van der Waals surface area contributed by atoms with Crippen molar-refractivity contribution >= 4 is 11.5 Å². The van der Waals surface area contributed by atoms with Crippen molar-refractivity contribution in [1.29, 1.82) is 0 Å². The van der Waals surface area contributed by atoms with E-state index in [2.05, 4.69) is 16.9 Å². The fourth-order valence-electron chi connectivity index (χ4n) is 2.82. The smallest absolute Gasteiger partial charge is 0.421 e. The van der Waals surface area contributed by atoms with Gasteiger partial charge < -0.3 is 14.4 Å². The Balaban J connectivity index is 2.37. The number of ether oxygens (including phenoxy) is 2. The lowest BCUT2D eigenvalue weighted by molar-refractivity contribution is -0.137. The summed E-state index contributed by atoms with van der Waals surface area (Å²) in [6.07, 6.45) is 0.320. The first-order chi connectivity index (χ1) is 14.0. The van der Waals surface area contributed by atoms with Gasteiger partial charge in [-0.15, -0.1) is 0 Å². The maximum absolute atomic E-state index is 13.6. The minimum absolute atomic E-state index is 0.115. The number of hydrogen-bond acceptors (Lipinski definition) is 5. The molecule has 8 heteroatoms. The second kappa shape index (κ2) is 10.00. The molecular formula is C22H30F3N3O2. The first-order valence-electron chi connectivity index (χ1n) is 10.1. The summed E-state index contributed by atoms with van der Waals surface area (Å²) in [6.45, 7) is 7.96. The first-order valence-corrected chi connectivity index (χ1v) is 10.1. The van der Waals surface area contributed by atoms with Crippen molar-refractivity contribution in [2.45, 2.75) is 65.2 Å². The predicted octanol–water partition coefficient (Wildman–Crippen LogP) is 6.40. The Hall–Kier alpha value is -2.51. The molecule has 1 heterocycles. The van der Waals surface area contributed by atoms with Crippen molar-refractivity contribution in [2.75, 3.05) is 18.6 Å². The summed E-state index contributed by atoms with van der Waals surface area (Å²) in [6, 6.07) is 6.87. The fourth-order valence-corrected chi connectivity index (χ4v) is 2.82. The van der Waals surface area contributed by atoms with Gasteiger partial charge in [0.2, 0.25) is 0 Å². The van der Waals surface area contributed by atoms with Gasteiger partial charge in [0.15, 0.2) is 5.82 Å². The Labute approximate surface area is 176 Å². The average Bonchev–Trinajstić information content (AvgIpc) is 2.65. The Kier molecular flexibility index (Phi) is 7.92. The minimum Gasteiger partial charge on any atom is -0.491 e. The van der Waals surface area contributed by atoms with Gasteiger partial charge in [0, 0.05) is 13.2 Å². The van der Waals surface area contributed by atoms with Crippen LogP contribution >= 0.6 is 0 Å². The van der Waals surface area contributed by atoms with Crippen LogP contribution in [0.5, 0.6) is 11.8 Å². The number of alkyl halides is 3. The van der Waals surface area contributed by atoms with Crippen LogP contribution in [-0.4, -0.2) is 29.2 Å². The van der Waals surface area contributed by atoms with Crippen molar-refractivity contribution in [2.24, 2.45) is 0 Å². The molecule has 0 aliphatic heterocycles. The van der Waals surface area contributed by atoms with Crippen LogP contribution in [0, 0.1) is 0 Å². The number of para-hydroxylation sites is 2. The Morgan fingerprint density at radius 1 is 1.03 bits per heavy atom. The first kappa shape index (κ1) is 23.8. The van der Waals surface area contributed by atoms with E-state index in [1.54, 1.807) is 45.0 Å². The molecule has 1 aromatic carbocycles. The zero-order chi connectivity index (χ0) is 22.4. The third-order valence-electron chi connectivity index (χ3n) is 4.25. The number of hydrogen-bond donors (Lipinski definition) is 0. The zero-order valence-corrected chi connectivity index (χ0v) is 18.2. The molecule has 0 bridgehead atoms. The second-order valence-corrected chi connectivity index (χ2v) is 8.04. The van der Waals surface area contributed by atoms with Gasteiger partial charge in [-0.25, -0.2) is 4.98 Å². The third-order valence-corrected chi connectivity index (χ3v) is 4.25. The fraction of sp³-hybridized carbons (Fsp3) is 0.545. The van der Waals surface area contributed by atoms with Gasteiger partial charge in [0.05, 0.1) is 12.3 Å². The molecular weight excluding hydrogens is 395 g/mol. The van der Waals surface area contributed by atoms with E-state index in [1.807, 2.05) is 0 Å². The van der Waals surface area contributed by atoms with Crippen molar-refractivity contribution in [3.63, 3.8) is 0 Å². The molecule has 0 aliphatic rings. The largest absolute Gasteiger partial charge is 0.491 e. The summed E-state index contributed by atoms with van der Waals surface area (Å²) in [7, 11) is 1.53. The molecule has 0 saturated heterocycles. The monoisotopic (exact) mass is 425 g/mol. The van der Waals surface area contributed by atoms with Gasteiger partial charge in [0.1, 0.15) is 16.9 Å². The molecule has 166 valence electrons. The van der Waals surface area contributed by atoms with E-state index in [0.717, 1.165) is 31.9 Å². The molecule has 0 saturated carbocycles. The number of halogens is 3. The standard InChI is InChI=1S/C22H30F3N3O2/c1-6-7-8-11-14-29-18-13-10-9-12-17(18)28(5)19-16(22(23,24)25)15-26-20(27-19)30-21(2,3)4/h9-10,12-13,15H,6-8,11,14H2,1-5H3. The molecule has 1 aromatic heterocycles. The number of anilines is 2. The highest BCUT2D eigenvalue weighted by molar-refractivity contribution is 5.68. The van der Waals surface area contributed by atoms with Crippen LogP contribution in [0.4, 0.5) is 24.7 Å². The lowest BCUT2D eigenvalue weighted by Gasteiger charge is -2.26. The van der Waals surface area contributed by atoms with E-state index in [9.17, 15) is 13.2 Å². The number of nitrogens with zero attached hydrogens (tertiary/aromatic N) is 3. The molecule has 0 radical (unpaired) electrons. The van der Waals surface area contributed by atoms with E-state index in [4.69, 9.17) is 9.47 Å². The zero-order valence-electron chi connectivity index (χ0n) is 18.2. The van der Waals surface area contributed by atoms with Gasteiger partial charge in [-0.1, -0.05) is 38.3 Å². The molecule has 0 fully saturated rings. The number of rotatable bonds is 9. The van der Waals surface area contributed by atoms with E-state index in [0.29, 0.717) is 18.0 Å². The molecule has 2 rings (SSSR count). The summed E-state index contributed by atoms with van der Waals surface area (Å²) < 4.78 is 52.4. The van der Waals surface area contributed by atoms with Gasteiger partial charge in [-0.3, -0.25) is 0 Å². The predicted molar refractivity (Wildman–Crippen MR) is 112 cm³/mol. The maximum atomic E-state index is 13.6. The normalized spacial score (nSPS) is 12.0. The highest BCUT2D eigenvalue weighted by Crippen LogP contribution is 2.40. The number of benzene rings is 1. The molecule has 0 aliphatic carbocycles.